The fraction of sp³-hybridized carbons (Fsp3) is 0.286. The Balaban J connectivity index is 2.06. The number of halogens is 2. The minimum absolute atomic E-state index is 0.102. The first-order valence-electron chi connectivity index (χ1n) is 6.37. The van der Waals surface area contributed by atoms with E-state index in [2.05, 4.69) is 16.9 Å². The number of imidazole rings is 2. The maximum absolute atomic E-state index is 13.5. The second kappa shape index (κ2) is 5.25. The maximum atomic E-state index is 13.5. The summed E-state index contributed by atoms with van der Waals surface area (Å²) in [6, 6.07) is 4.70. The highest BCUT2D eigenvalue weighted by Gasteiger charge is 2.16. The number of rotatable bonds is 4. The van der Waals surface area contributed by atoms with Crippen molar-refractivity contribution >= 4 is 22.6 Å². The average molecular weight is 293 g/mol. The fourth-order valence-electron chi connectivity index (χ4n) is 2.48. The average Bonchev–Trinajstić information content (AvgIpc) is 3.04. The van der Waals surface area contributed by atoms with Gasteiger partial charge in [0.25, 0.3) is 0 Å². The molecular weight excluding hydrogens is 279 g/mol. The molecule has 2 aromatic heterocycles. The van der Waals surface area contributed by atoms with Gasteiger partial charge in [-0.3, -0.25) is 0 Å². The third-order valence-electron chi connectivity index (χ3n) is 3.32. The van der Waals surface area contributed by atoms with E-state index in [4.69, 9.17) is 11.6 Å². The monoisotopic (exact) mass is 292 g/mol. The third-order valence-corrected chi connectivity index (χ3v) is 3.56. The van der Waals surface area contributed by atoms with Crippen LogP contribution in [0.5, 0.6) is 0 Å². The number of alkyl halides is 1. The summed E-state index contributed by atoms with van der Waals surface area (Å²) in [7, 11) is 0. The maximum Gasteiger partial charge on any atom is 0.125 e. The topological polar surface area (TPSA) is 35.6 Å². The summed E-state index contributed by atoms with van der Waals surface area (Å²) >= 11 is 5.97. The van der Waals surface area contributed by atoms with E-state index < -0.39 is 0 Å². The Labute approximate surface area is 120 Å². The molecule has 0 spiro atoms. The standard InChI is InChI=1S/C14H14ClFN4/c1-10(8-19-5-4-17-9-19)20-13-6-11(16)2-3-12(13)18-14(20)7-15/h2-6,9-10H,7-8H2,1H3. The predicted octanol–water partition coefficient (Wildman–Crippen LogP) is 3.37. The molecule has 1 unspecified atom stereocenters. The van der Waals surface area contributed by atoms with E-state index in [0.29, 0.717) is 5.88 Å². The number of hydrogen-bond donors (Lipinski definition) is 0. The first-order valence-corrected chi connectivity index (χ1v) is 6.90. The van der Waals surface area contributed by atoms with Crippen molar-refractivity contribution in [2.75, 3.05) is 0 Å². The largest absolute Gasteiger partial charge is 0.335 e. The normalized spacial score (nSPS) is 12.9. The molecule has 3 rings (SSSR count). The van der Waals surface area contributed by atoms with Crippen molar-refractivity contribution in [1.29, 1.82) is 0 Å². The minimum atomic E-state index is -0.269. The van der Waals surface area contributed by atoms with E-state index in [9.17, 15) is 4.39 Å². The molecule has 0 N–H and O–H groups in total. The lowest BCUT2D eigenvalue weighted by Crippen LogP contribution is -2.14. The molecule has 0 aliphatic rings. The highest BCUT2D eigenvalue weighted by Crippen LogP contribution is 2.24. The van der Waals surface area contributed by atoms with Crippen LogP contribution in [0.15, 0.2) is 36.9 Å². The third kappa shape index (κ3) is 2.29. The van der Waals surface area contributed by atoms with Gasteiger partial charge < -0.3 is 9.13 Å². The van der Waals surface area contributed by atoms with E-state index in [1.54, 1.807) is 18.6 Å². The van der Waals surface area contributed by atoms with Crippen LogP contribution >= 0.6 is 11.6 Å². The molecule has 1 aromatic carbocycles. The summed E-state index contributed by atoms with van der Waals surface area (Å²) in [5, 5.41) is 0. The summed E-state index contributed by atoms with van der Waals surface area (Å²) in [4.78, 5) is 8.49. The molecule has 3 aromatic rings. The molecule has 6 heteroatoms. The van der Waals surface area contributed by atoms with Crippen molar-refractivity contribution in [1.82, 2.24) is 19.1 Å². The van der Waals surface area contributed by atoms with Gasteiger partial charge in [0.1, 0.15) is 11.6 Å². The van der Waals surface area contributed by atoms with E-state index in [-0.39, 0.29) is 11.9 Å². The van der Waals surface area contributed by atoms with Gasteiger partial charge in [-0.15, -0.1) is 11.6 Å². The lowest BCUT2D eigenvalue weighted by Gasteiger charge is -2.17. The zero-order chi connectivity index (χ0) is 14.1. The Morgan fingerprint density at radius 1 is 1.40 bits per heavy atom. The van der Waals surface area contributed by atoms with Crippen LogP contribution in [-0.4, -0.2) is 19.1 Å². The summed E-state index contributed by atoms with van der Waals surface area (Å²) in [6.45, 7) is 2.79. The second-order valence-electron chi connectivity index (χ2n) is 4.77. The Morgan fingerprint density at radius 3 is 2.95 bits per heavy atom. The summed E-state index contributed by atoms with van der Waals surface area (Å²) in [6.07, 6.45) is 5.40. The Morgan fingerprint density at radius 2 is 2.25 bits per heavy atom. The van der Waals surface area contributed by atoms with Gasteiger partial charge in [0.05, 0.1) is 29.3 Å². The van der Waals surface area contributed by atoms with Crippen LogP contribution in [-0.2, 0) is 12.4 Å². The zero-order valence-electron chi connectivity index (χ0n) is 11.0. The number of benzene rings is 1. The van der Waals surface area contributed by atoms with Crippen LogP contribution in [0.2, 0.25) is 0 Å². The molecule has 0 bridgehead atoms. The first kappa shape index (κ1) is 13.1. The lowest BCUT2D eigenvalue weighted by molar-refractivity contribution is 0.464. The quantitative estimate of drug-likeness (QED) is 0.691. The predicted molar refractivity (Wildman–Crippen MR) is 76.2 cm³/mol. The molecule has 0 saturated heterocycles. The zero-order valence-corrected chi connectivity index (χ0v) is 11.8. The smallest absolute Gasteiger partial charge is 0.125 e. The van der Waals surface area contributed by atoms with E-state index in [1.807, 2.05) is 15.3 Å². The second-order valence-corrected chi connectivity index (χ2v) is 5.04. The van der Waals surface area contributed by atoms with Crippen LogP contribution in [0.4, 0.5) is 4.39 Å². The summed E-state index contributed by atoms with van der Waals surface area (Å²) in [5.74, 6) is 0.777. The van der Waals surface area contributed by atoms with Gasteiger partial charge in [-0.25, -0.2) is 14.4 Å². The molecule has 0 saturated carbocycles. The van der Waals surface area contributed by atoms with Crippen LogP contribution in [0.25, 0.3) is 11.0 Å². The van der Waals surface area contributed by atoms with Gasteiger partial charge in [-0.05, 0) is 25.1 Å². The SMILES string of the molecule is CC(Cn1ccnc1)n1c(CCl)nc2ccc(F)cc21. The van der Waals surface area contributed by atoms with Gasteiger partial charge in [0.15, 0.2) is 0 Å². The molecule has 0 radical (unpaired) electrons. The van der Waals surface area contributed by atoms with E-state index >= 15 is 0 Å². The molecule has 0 amide bonds. The summed E-state index contributed by atoms with van der Waals surface area (Å²) < 4.78 is 17.5. The van der Waals surface area contributed by atoms with Crippen LogP contribution < -0.4 is 0 Å². The molecule has 4 nitrogen and oxygen atoms in total. The number of fused-ring (bicyclic) bond motifs is 1. The molecule has 1 atom stereocenters. The Kier molecular flexibility index (Phi) is 3.44. The number of hydrogen-bond acceptors (Lipinski definition) is 2. The van der Waals surface area contributed by atoms with Crippen molar-refractivity contribution in [2.45, 2.75) is 25.4 Å². The van der Waals surface area contributed by atoms with Gasteiger partial charge in [-0.1, -0.05) is 0 Å². The molecule has 0 fully saturated rings. The summed E-state index contributed by atoms with van der Waals surface area (Å²) in [5.41, 5.74) is 1.53. The van der Waals surface area contributed by atoms with Crippen molar-refractivity contribution in [3.05, 3.63) is 48.6 Å². The first-order chi connectivity index (χ1) is 9.69. The van der Waals surface area contributed by atoms with Crippen molar-refractivity contribution < 1.29 is 4.39 Å². The van der Waals surface area contributed by atoms with Crippen molar-refractivity contribution in [3.63, 3.8) is 0 Å². The number of aromatic nitrogens is 4. The van der Waals surface area contributed by atoms with Crippen LogP contribution in [0.3, 0.4) is 0 Å². The van der Waals surface area contributed by atoms with Gasteiger partial charge in [-0.2, -0.15) is 0 Å². The molecular formula is C14H14ClFN4. The van der Waals surface area contributed by atoms with Gasteiger partial charge in [0.2, 0.25) is 0 Å². The van der Waals surface area contributed by atoms with Crippen LogP contribution in [0, 0.1) is 5.82 Å². The molecule has 20 heavy (non-hydrogen) atoms. The Bertz CT molecular complexity index is 720. The van der Waals surface area contributed by atoms with Gasteiger partial charge >= 0.3 is 0 Å². The van der Waals surface area contributed by atoms with Crippen molar-refractivity contribution in [3.8, 4) is 0 Å². The number of nitrogens with zero attached hydrogens (tertiary/aromatic N) is 4. The fourth-order valence-corrected chi connectivity index (χ4v) is 2.67. The van der Waals surface area contributed by atoms with Crippen molar-refractivity contribution in [2.24, 2.45) is 0 Å². The molecule has 0 aliphatic heterocycles. The van der Waals surface area contributed by atoms with Gasteiger partial charge in [0, 0.05) is 18.9 Å². The van der Waals surface area contributed by atoms with E-state index in [1.165, 1.54) is 12.1 Å². The molecule has 2 heterocycles. The van der Waals surface area contributed by atoms with Crippen LogP contribution in [0.1, 0.15) is 18.8 Å². The highest BCUT2D eigenvalue weighted by molar-refractivity contribution is 6.16. The van der Waals surface area contributed by atoms with E-state index in [0.717, 1.165) is 23.4 Å². The Hall–Kier alpha value is -1.88. The molecule has 104 valence electrons. The molecule has 0 aliphatic carbocycles. The highest BCUT2D eigenvalue weighted by atomic mass is 35.5. The minimum Gasteiger partial charge on any atom is -0.335 e. The lowest BCUT2D eigenvalue weighted by atomic mass is 10.2.